The first kappa shape index (κ1) is 22.8. The van der Waals surface area contributed by atoms with E-state index in [1.807, 2.05) is 32.0 Å². The van der Waals surface area contributed by atoms with E-state index in [0.29, 0.717) is 22.7 Å². The van der Waals surface area contributed by atoms with Crippen molar-refractivity contribution in [3.05, 3.63) is 53.1 Å². The number of amides is 3. The fourth-order valence-electron chi connectivity index (χ4n) is 2.74. The molecule has 1 aliphatic carbocycles. The molecule has 32 heavy (non-hydrogen) atoms. The number of carbonyl (C=O) groups is 3. The molecule has 1 fully saturated rings. The molecule has 0 bridgehead atoms. The van der Waals surface area contributed by atoms with Crippen LogP contribution in [0.1, 0.15) is 29.5 Å². The lowest BCUT2D eigenvalue weighted by Crippen LogP contribution is -2.38. The number of aryl methyl sites for hydroxylation is 2. The van der Waals surface area contributed by atoms with Gasteiger partial charge in [-0.3, -0.25) is 14.4 Å². The van der Waals surface area contributed by atoms with Gasteiger partial charge in [0.05, 0.1) is 13.3 Å². The zero-order valence-electron chi connectivity index (χ0n) is 18.2. The van der Waals surface area contributed by atoms with Crippen molar-refractivity contribution in [3.63, 3.8) is 0 Å². The molecule has 9 nitrogen and oxygen atoms in total. The summed E-state index contributed by atoms with van der Waals surface area (Å²) in [6.07, 6.45) is 3.16. The molecule has 2 aromatic carbocycles. The lowest BCUT2D eigenvalue weighted by Gasteiger charge is -2.12. The van der Waals surface area contributed by atoms with Gasteiger partial charge in [0.1, 0.15) is 0 Å². The predicted molar refractivity (Wildman–Crippen MR) is 120 cm³/mol. The molecule has 1 aliphatic rings. The third-order valence-corrected chi connectivity index (χ3v) is 4.84. The van der Waals surface area contributed by atoms with E-state index >= 15 is 0 Å². The summed E-state index contributed by atoms with van der Waals surface area (Å²) >= 11 is 0. The first-order valence-electron chi connectivity index (χ1n) is 10.2. The van der Waals surface area contributed by atoms with Gasteiger partial charge in [0.25, 0.3) is 5.91 Å². The predicted octanol–water partition coefficient (Wildman–Crippen LogP) is 2.06. The van der Waals surface area contributed by atoms with E-state index in [-0.39, 0.29) is 18.6 Å². The highest BCUT2D eigenvalue weighted by Crippen LogP contribution is 2.27. The molecule has 9 heteroatoms. The Bertz CT molecular complexity index is 1050. The Morgan fingerprint density at radius 2 is 1.81 bits per heavy atom. The Balaban J connectivity index is 1.52. The Morgan fingerprint density at radius 3 is 2.50 bits per heavy atom. The van der Waals surface area contributed by atoms with Crippen LogP contribution in [-0.4, -0.2) is 43.7 Å². The molecule has 0 radical (unpaired) electrons. The summed E-state index contributed by atoms with van der Waals surface area (Å²) in [5, 5.41) is 9.15. The van der Waals surface area contributed by atoms with Crippen molar-refractivity contribution >= 4 is 29.6 Å². The van der Waals surface area contributed by atoms with Crippen molar-refractivity contribution in [1.82, 2.24) is 10.7 Å². The molecule has 0 heterocycles. The van der Waals surface area contributed by atoms with Crippen LogP contribution in [0.4, 0.5) is 5.69 Å². The van der Waals surface area contributed by atoms with Crippen molar-refractivity contribution < 1.29 is 23.9 Å². The summed E-state index contributed by atoms with van der Waals surface area (Å²) in [4.78, 5) is 35.5. The minimum atomic E-state index is -0.824. The molecule has 0 spiro atoms. The van der Waals surface area contributed by atoms with Crippen LogP contribution in [0.5, 0.6) is 11.5 Å². The third-order valence-electron chi connectivity index (χ3n) is 4.84. The SMILES string of the molecule is COc1cc(/C=N\NC(=O)C(=O)NC2CC2)ccc1OCC(=O)Nc1ccc(C)c(C)c1. The van der Waals surface area contributed by atoms with Crippen LogP contribution in [-0.2, 0) is 14.4 Å². The molecule has 0 aliphatic heterocycles. The van der Waals surface area contributed by atoms with Crippen molar-refractivity contribution in [1.29, 1.82) is 0 Å². The van der Waals surface area contributed by atoms with E-state index in [0.717, 1.165) is 24.0 Å². The van der Waals surface area contributed by atoms with Gasteiger partial charge in [0, 0.05) is 11.7 Å². The van der Waals surface area contributed by atoms with Crippen molar-refractivity contribution in [2.45, 2.75) is 32.7 Å². The van der Waals surface area contributed by atoms with Gasteiger partial charge in [0.15, 0.2) is 18.1 Å². The minimum Gasteiger partial charge on any atom is -0.493 e. The number of anilines is 1. The van der Waals surface area contributed by atoms with E-state index in [2.05, 4.69) is 21.2 Å². The molecule has 0 saturated heterocycles. The van der Waals surface area contributed by atoms with Crippen LogP contribution < -0.4 is 25.5 Å². The molecule has 0 aromatic heterocycles. The van der Waals surface area contributed by atoms with Crippen molar-refractivity contribution in [2.75, 3.05) is 19.0 Å². The lowest BCUT2D eigenvalue weighted by molar-refractivity contribution is -0.139. The molecule has 0 unspecified atom stereocenters. The second-order valence-electron chi connectivity index (χ2n) is 7.49. The average Bonchev–Trinajstić information content (AvgIpc) is 3.59. The second kappa shape index (κ2) is 10.4. The van der Waals surface area contributed by atoms with Gasteiger partial charge in [-0.2, -0.15) is 5.10 Å². The van der Waals surface area contributed by atoms with Crippen LogP contribution in [0.25, 0.3) is 0 Å². The zero-order valence-corrected chi connectivity index (χ0v) is 18.2. The summed E-state index contributed by atoms with van der Waals surface area (Å²) in [6, 6.07) is 10.7. The highest BCUT2D eigenvalue weighted by Gasteiger charge is 2.26. The fourth-order valence-corrected chi connectivity index (χ4v) is 2.74. The standard InChI is InChI=1S/C23H26N4O5/c1-14-4-6-18(10-15(14)2)25-21(28)13-32-19-9-5-16(11-20(19)31-3)12-24-27-23(30)22(29)26-17-7-8-17/h4-6,9-12,17H,7-8,13H2,1-3H3,(H,25,28)(H,26,29)(H,27,30)/b24-12-. The Hall–Kier alpha value is -3.88. The number of benzene rings is 2. The number of nitrogens with one attached hydrogen (secondary N) is 3. The number of ether oxygens (including phenoxy) is 2. The molecule has 3 amide bonds. The molecular weight excluding hydrogens is 412 g/mol. The van der Waals surface area contributed by atoms with Crippen LogP contribution in [0.3, 0.4) is 0 Å². The maximum absolute atomic E-state index is 12.2. The Morgan fingerprint density at radius 1 is 1.03 bits per heavy atom. The summed E-state index contributed by atoms with van der Waals surface area (Å²) < 4.78 is 10.9. The Labute approximate surface area is 186 Å². The summed E-state index contributed by atoms with van der Waals surface area (Å²) in [5.41, 5.74) is 5.72. The third kappa shape index (κ3) is 6.56. The molecule has 3 N–H and O–H groups in total. The molecule has 0 atom stereocenters. The van der Waals surface area contributed by atoms with Gasteiger partial charge in [-0.1, -0.05) is 6.07 Å². The number of hydrazone groups is 1. The number of rotatable bonds is 8. The monoisotopic (exact) mass is 438 g/mol. The van der Waals surface area contributed by atoms with Gasteiger partial charge in [-0.15, -0.1) is 0 Å². The number of hydrogen-bond acceptors (Lipinski definition) is 6. The smallest absolute Gasteiger partial charge is 0.329 e. The van der Waals surface area contributed by atoms with E-state index in [1.54, 1.807) is 18.2 Å². The number of nitrogens with zero attached hydrogens (tertiary/aromatic N) is 1. The summed E-state index contributed by atoms with van der Waals surface area (Å²) in [6.45, 7) is 3.79. The first-order chi connectivity index (χ1) is 15.4. The fraction of sp³-hybridized carbons (Fsp3) is 0.304. The summed E-state index contributed by atoms with van der Waals surface area (Å²) in [5.74, 6) is -1.05. The average molecular weight is 438 g/mol. The first-order valence-corrected chi connectivity index (χ1v) is 10.2. The van der Waals surface area contributed by atoms with Gasteiger partial charge in [0.2, 0.25) is 0 Å². The summed E-state index contributed by atoms with van der Waals surface area (Å²) in [7, 11) is 1.47. The zero-order chi connectivity index (χ0) is 23.1. The van der Waals surface area contributed by atoms with Crippen LogP contribution >= 0.6 is 0 Å². The number of carbonyl (C=O) groups excluding carboxylic acids is 3. The minimum absolute atomic E-state index is 0.0946. The van der Waals surface area contributed by atoms with Crippen molar-refractivity contribution in [2.24, 2.45) is 5.10 Å². The van der Waals surface area contributed by atoms with Gasteiger partial charge in [-0.05, 0) is 73.7 Å². The van der Waals surface area contributed by atoms with Gasteiger partial charge < -0.3 is 20.1 Å². The van der Waals surface area contributed by atoms with E-state index in [9.17, 15) is 14.4 Å². The maximum atomic E-state index is 12.2. The lowest BCUT2D eigenvalue weighted by atomic mass is 10.1. The van der Waals surface area contributed by atoms with Crippen LogP contribution in [0, 0.1) is 13.8 Å². The number of hydrogen-bond donors (Lipinski definition) is 3. The van der Waals surface area contributed by atoms with Gasteiger partial charge >= 0.3 is 11.8 Å². The van der Waals surface area contributed by atoms with Gasteiger partial charge in [-0.25, -0.2) is 5.43 Å². The molecule has 3 rings (SSSR count). The molecule has 168 valence electrons. The second-order valence-corrected chi connectivity index (χ2v) is 7.49. The van der Waals surface area contributed by atoms with Crippen LogP contribution in [0.2, 0.25) is 0 Å². The topological polar surface area (TPSA) is 118 Å². The Kier molecular flexibility index (Phi) is 7.43. The highest BCUT2D eigenvalue weighted by atomic mass is 16.5. The quantitative estimate of drug-likeness (QED) is 0.331. The maximum Gasteiger partial charge on any atom is 0.329 e. The van der Waals surface area contributed by atoms with E-state index in [1.165, 1.54) is 13.3 Å². The number of methoxy groups -OCH3 is 1. The van der Waals surface area contributed by atoms with E-state index < -0.39 is 11.8 Å². The largest absolute Gasteiger partial charge is 0.493 e. The highest BCUT2D eigenvalue weighted by molar-refractivity contribution is 6.35. The van der Waals surface area contributed by atoms with Crippen LogP contribution in [0.15, 0.2) is 41.5 Å². The normalized spacial score (nSPS) is 12.8. The molecular formula is C23H26N4O5. The molecule has 1 saturated carbocycles. The molecule has 2 aromatic rings. The van der Waals surface area contributed by atoms with Crippen molar-refractivity contribution in [3.8, 4) is 11.5 Å². The van der Waals surface area contributed by atoms with E-state index in [4.69, 9.17) is 9.47 Å².